The van der Waals surface area contributed by atoms with E-state index in [0.29, 0.717) is 18.1 Å². The number of ether oxygens (including phenoxy) is 1. The van der Waals surface area contributed by atoms with Crippen molar-refractivity contribution in [3.8, 4) is 28.4 Å². The molecular formula is C24H26N6O. The number of nitrogen functional groups attached to an aromatic ring is 1. The van der Waals surface area contributed by atoms with Crippen molar-refractivity contribution in [2.24, 2.45) is 0 Å². The van der Waals surface area contributed by atoms with Gasteiger partial charge in [0.1, 0.15) is 11.9 Å². The number of nitrogens with two attached hydrogens (primary N) is 1. The first-order chi connectivity index (χ1) is 14.9. The van der Waals surface area contributed by atoms with Gasteiger partial charge in [0.05, 0.1) is 24.1 Å². The van der Waals surface area contributed by atoms with E-state index in [0.717, 1.165) is 46.0 Å². The summed E-state index contributed by atoms with van der Waals surface area (Å²) in [4.78, 5) is 9.31. The number of nitrogens with zero attached hydrogens (tertiary/aromatic N) is 5. The van der Waals surface area contributed by atoms with E-state index in [1.807, 2.05) is 30.8 Å². The molecule has 2 N–H and O–H groups in total. The van der Waals surface area contributed by atoms with Crippen molar-refractivity contribution in [2.45, 2.75) is 46.9 Å². The first-order valence-electron chi connectivity index (χ1n) is 10.6. The van der Waals surface area contributed by atoms with Crippen molar-refractivity contribution in [2.75, 3.05) is 5.73 Å². The molecule has 0 saturated heterocycles. The largest absolute Gasteiger partial charge is 0.482 e. The van der Waals surface area contributed by atoms with Gasteiger partial charge >= 0.3 is 0 Å². The first kappa shape index (κ1) is 19.4. The number of imidazole rings is 1. The van der Waals surface area contributed by atoms with Gasteiger partial charge in [0.25, 0.3) is 0 Å². The standard InChI is InChI=1S/C24H26N6O/c1-5-30-22-17-9-21(23(25)26-10-17)31-16(4)20-8-14(2)6-7-19(20)24-28-15(3)12-29(24)13-18(22)11-27-30/h6-12,16H,5,13H2,1-4H3,(H2,25,26)/t16-/m1/s1. The van der Waals surface area contributed by atoms with E-state index in [1.165, 1.54) is 5.56 Å². The van der Waals surface area contributed by atoms with Crippen LogP contribution in [0.5, 0.6) is 5.75 Å². The maximum absolute atomic E-state index is 6.37. The molecule has 3 aromatic heterocycles. The molecule has 31 heavy (non-hydrogen) atoms. The molecule has 0 saturated carbocycles. The number of aryl methyl sites for hydroxylation is 3. The van der Waals surface area contributed by atoms with Gasteiger partial charge in [-0.3, -0.25) is 4.68 Å². The van der Waals surface area contributed by atoms with Gasteiger partial charge in [-0.05, 0) is 33.8 Å². The zero-order valence-corrected chi connectivity index (χ0v) is 18.3. The highest BCUT2D eigenvalue weighted by atomic mass is 16.5. The zero-order valence-electron chi connectivity index (χ0n) is 18.3. The highest BCUT2D eigenvalue weighted by Gasteiger charge is 2.23. The van der Waals surface area contributed by atoms with Gasteiger partial charge in [-0.2, -0.15) is 5.10 Å². The maximum Gasteiger partial charge on any atom is 0.166 e. The molecule has 1 aliphatic heterocycles. The minimum absolute atomic E-state index is 0.227. The molecule has 158 valence electrons. The van der Waals surface area contributed by atoms with Crippen LogP contribution >= 0.6 is 0 Å². The molecule has 0 unspecified atom stereocenters. The number of benzene rings is 1. The number of hydrogen-bond acceptors (Lipinski definition) is 5. The quantitative estimate of drug-likeness (QED) is 0.495. The third-order valence-corrected chi connectivity index (χ3v) is 5.80. The van der Waals surface area contributed by atoms with Gasteiger partial charge in [-0.15, -0.1) is 0 Å². The topological polar surface area (TPSA) is 83.8 Å². The Labute approximate surface area is 181 Å². The van der Waals surface area contributed by atoms with Crippen LogP contribution in [-0.2, 0) is 13.1 Å². The van der Waals surface area contributed by atoms with Crippen molar-refractivity contribution < 1.29 is 4.74 Å². The summed E-state index contributed by atoms with van der Waals surface area (Å²) in [6.45, 7) is 9.65. The predicted octanol–water partition coefficient (Wildman–Crippen LogP) is 4.53. The Bertz CT molecular complexity index is 1290. The molecule has 1 atom stereocenters. The third kappa shape index (κ3) is 3.26. The summed E-state index contributed by atoms with van der Waals surface area (Å²) in [7, 11) is 0. The van der Waals surface area contributed by atoms with Gasteiger partial charge in [-0.25, -0.2) is 9.97 Å². The summed E-state index contributed by atoms with van der Waals surface area (Å²) in [5.74, 6) is 1.88. The smallest absolute Gasteiger partial charge is 0.166 e. The van der Waals surface area contributed by atoms with Crippen molar-refractivity contribution in [1.82, 2.24) is 24.3 Å². The molecule has 5 rings (SSSR count). The molecule has 0 aliphatic carbocycles. The van der Waals surface area contributed by atoms with Crippen LogP contribution in [0.4, 0.5) is 5.82 Å². The minimum atomic E-state index is -0.227. The SMILES string of the molecule is CCn1ncc2c1-c1cnc(N)c(c1)O[C@H](C)c1cc(C)ccc1-c1nc(C)cn1C2. The third-order valence-electron chi connectivity index (χ3n) is 5.80. The molecule has 0 spiro atoms. The van der Waals surface area contributed by atoms with Crippen LogP contribution < -0.4 is 10.5 Å². The molecule has 4 heterocycles. The van der Waals surface area contributed by atoms with Crippen molar-refractivity contribution in [3.63, 3.8) is 0 Å². The predicted molar refractivity (Wildman–Crippen MR) is 121 cm³/mol. The van der Waals surface area contributed by atoms with Gasteiger partial charge in [0.2, 0.25) is 0 Å². The fourth-order valence-electron chi connectivity index (χ4n) is 4.33. The number of fused-ring (bicyclic) bond motifs is 7. The van der Waals surface area contributed by atoms with E-state index in [-0.39, 0.29) is 6.10 Å². The Morgan fingerprint density at radius 3 is 2.84 bits per heavy atom. The monoisotopic (exact) mass is 414 g/mol. The maximum atomic E-state index is 6.37. The van der Waals surface area contributed by atoms with E-state index in [2.05, 4.69) is 52.9 Å². The van der Waals surface area contributed by atoms with Crippen molar-refractivity contribution in [1.29, 1.82) is 0 Å². The zero-order chi connectivity index (χ0) is 21.7. The molecule has 0 radical (unpaired) electrons. The average Bonchev–Trinajstić information content (AvgIpc) is 3.32. The van der Waals surface area contributed by atoms with Crippen LogP contribution in [-0.4, -0.2) is 24.3 Å². The lowest BCUT2D eigenvalue weighted by Gasteiger charge is -2.22. The summed E-state index contributed by atoms with van der Waals surface area (Å²) in [6.07, 6.45) is 5.59. The van der Waals surface area contributed by atoms with Crippen LogP contribution in [0.25, 0.3) is 22.6 Å². The number of aromatic nitrogens is 5. The lowest BCUT2D eigenvalue weighted by molar-refractivity contribution is 0.228. The molecule has 1 aliphatic rings. The van der Waals surface area contributed by atoms with Gasteiger partial charge in [0, 0.05) is 41.2 Å². The van der Waals surface area contributed by atoms with E-state index in [4.69, 9.17) is 15.5 Å². The summed E-state index contributed by atoms with van der Waals surface area (Å²) < 4.78 is 10.6. The van der Waals surface area contributed by atoms with E-state index in [9.17, 15) is 0 Å². The van der Waals surface area contributed by atoms with E-state index >= 15 is 0 Å². The summed E-state index contributed by atoms with van der Waals surface area (Å²) in [5.41, 5.74) is 13.5. The van der Waals surface area contributed by atoms with Crippen LogP contribution in [0.2, 0.25) is 0 Å². The molecular weight excluding hydrogens is 388 g/mol. The molecule has 7 heteroatoms. The van der Waals surface area contributed by atoms with Crippen LogP contribution in [0.3, 0.4) is 0 Å². The van der Waals surface area contributed by atoms with Crippen LogP contribution in [0.15, 0.2) is 42.9 Å². The molecule has 0 amide bonds. The Kier molecular flexibility index (Phi) is 4.54. The number of anilines is 1. The lowest BCUT2D eigenvalue weighted by Crippen LogP contribution is -2.11. The highest BCUT2D eigenvalue weighted by molar-refractivity contribution is 5.68. The lowest BCUT2D eigenvalue weighted by atomic mass is 9.99. The first-order valence-corrected chi connectivity index (χ1v) is 10.6. The number of pyridine rings is 1. The van der Waals surface area contributed by atoms with E-state index < -0.39 is 0 Å². The van der Waals surface area contributed by atoms with Gasteiger partial charge < -0.3 is 15.0 Å². The van der Waals surface area contributed by atoms with Crippen LogP contribution in [0, 0.1) is 13.8 Å². The molecule has 0 fully saturated rings. The Morgan fingerprint density at radius 2 is 2.03 bits per heavy atom. The van der Waals surface area contributed by atoms with Crippen molar-refractivity contribution >= 4 is 5.82 Å². The Hall–Kier alpha value is -3.61. The highest BCUT2D eigenvalue weighted by Crippen LogP contribution is 2.37. The fourth-order valence-corrected chi connectivity index (χ4v) is 4.33. The summed E-state index contributed by atoms with van der Waals surface area (Å²) >= 11 is 0. The number of rotatable bonds is 1. The second kappa shape index (κ2) is 7.27. The minimum Gasteiger partial charge on any atom is -0.482 e. The molecule has 7 nitrogen and oxygen atoms in total. The normalized spacial score (nSPS) is 15.2. The second-order valence-corrected chi connectivity index (χ2v) is 8.13. The average molecular weight is 415 g/mol. The summed E-state index contributed by atoms with van der Waals surface area (Å²) in [6, 6.07) is 8.38. The second-order valence-electron chi connectivity index (χ2n) is 8.13. The van der Waals surface area contributed by atoms with E-state index in [1.54, 1.807) is 6.20 Å². The fraction of sp³-hybridized carbons (Fsp3) is 0.292. The molecule has 2 bridgehead atoms. The van der Waals surface area contributed by atoms with Gasteiger partial charge in [0.15, 0.2) is 11.6 Å². The summed E-state index contributed by atoms with van der Waals surface area (Å²) in [5, 5.41) is 4.62. The number of hydrogen-bond donors (Lipinski definition) is 1. The van der Waals surface area contributed by atoms with Crippen molar-refractivity contribution in [3.05, 3.63) is 65.2 Å². The molecule has 4 aromatic rings. The Balaban J connectivity index is 1.81. The Morgan fingerprint density at radius 1 is 1.19 bits per heavy atom. The molecule has 1 aromatic carbocycles. The van der Waals surface area contributed by atoms with Crippen LogP contribution in [0.1, 0.15) is 42.3 Å². The van der Waals surface area contributed by atoms with Gasteiger partial charge in [-0.1, -0.05) is 23.8 Å².